The monoisotopic (exact) mass is 280 g/mol. The van der Waals surface area contributed by atoms with Crippen molar-refractivity contribution in [1.82, 2.24) is 5.32 Å². The summed E-state index contributed by atoms with van der Waals surface area (Å²) in [6, 6.07) is 4.36. The van der Waals surface area contributed by atoms with E-state index in [0.29, 0.717) is 23.4 Å². The van der Waals surface area contributed by atoms with Crippen molar-refractivity contribution in [3.8, 4) is 5.75 Å². The molecule has 0 bridgehead atoms. The predicted molar refractivity (Wildman–Crippen MR) is 75.8 cm³/mol. The molecule has 1 unspecified atom stereocenters. The molecule has 0 saturated carbocycles. The first kappa shape index (κ1) is 15.8. The number of carboxylic acid groups (broad SMARTS) is 1. The van der Waals surface area contributed by atoms with E-state index >= 15 is 0 Å². The number of aliphatic carboxylic acids is 1. The van der Waals surface area contributed by atoms with Gasteiger partial charge in [-0.2, -0.15) is 0 Å². The summed E-state index contributed by atoms with van der Waals surface area (Å²) in [4.78, 5) is 22.9. The summed E-state index contributed by atoms with van der Waals surface area (Å²) in [5.74, 6) is -0.744. The Balaban J connectivity index is 2.80. The summed E-state index contributed by atoms with van der Waals surface area (Å²) < 4.78 is 5.01. The maximum Gasteiger partial charge on any atom is 0.305 e. The van der Waals surface area contributed by atoms with Gasteiger partial charge in [0.15, 0.2) is 0 Å². The third kappa shape index (κ3) is 4.46. The van der Waals surface area contributed by atoms with E-state index in [1.54, 1.807) is 18.2 Å². The normalized spacial score (nSPS) is 11.7. The largest absolute Gasteiger partial charge is 0.497 e. The second-order valence-electron chi connectivity index (χ2n) is 4.51. The molecule has 1 atom stereocenters. The molecular weight excluding hydrogens is 260 g/mol. The van der Waals surface area contributed by atoms with Crippen molar-refractivity contribution in [2.45, 2.75) is 32.2 Å². The van der Waals surface area contributed by atoms with Gasteiger partial charge in [-0.1, -0.05) is 13.3 Å². The summed E-state index contributed by atoms with van der Waals surface area (Å²) in [6.07, 6.45) is 1.29. The number of benzene rings is 1. The molecule has 0 aliphatic heterocycles. The zero-order valence-corrected chi connectivity index (χ0v) is 11.7. The van der Waals surface area contributed by atoms with Gasteiger partial charge in [-0.15, -0.1) is 0 Å². The van der Waals surface area contributed by atoms with E-state index in [1.165, 1.54) is 7.11 Å². The summed E-state index contributed by atoms with van der Waals surface area (Å²) in [5, 5.41) is 11.5. The van der Waals surface area contributed by atoms with E-state index in [-0.39, 0.29) is 12.3 Å². The van der Waals surface area contributed by atoms with Crippen LogP contribution in [0.3, 0.4) is 0 Å². The third-order valence-corrected chi connectivity index (χ3v) is 2.90. The van der Waals surface area contributed by atoms with Crippen LogP contribution in [0.2, 0.25) is 0 Å². The Morgan fingerprint density at radius 1 is 1.45 bits per heavy atom. The number of methoxy groups -OCH3 is 1. The molecule has 0 saturated heterocycles. The summed E-state index contributed by atoms with van der Waals surface area (Å²) in [6.45, 7) is 1.93. The van der Waals surface area contributed by atoms with Crippen LogP contribution < -0.4 is 15.8 Å². The number of ether oxygens (including phenoxy) is 1. The fourth-order valence-corrected chi connectivity index (χ4v) is 1.92. The summed E-state index contributed by atoms with van der Waals surface area (Å²) in [5.41, 5.74) is 6.41. The van der Waals surface area contributed by atoms with Crippen LogP contribution in [-0.4, -0.2) is 30.1 Å². The zero-order chi connectivity index (χ0) is 15.1. The van der Waals surface area contributed by atoms with Crippen LogP contribution in [0.1, 0.15) is 36.5 Å². The average Bonchev–Trinajstić information content (AvgIpc) is 2.37. The van der Waals surface area contributed by atoms with Gasteiger partial charge < -0.3 is 20.9 Å². The van der Waals surface area contributed by atoms with Crippen molar-refractivity contribution in [2.75, 3.05) is 12.8 Å². The second-order valence-corrected chi connectivity index (χ2v) is 4.51. The first-order valence-electron chi connectivity index (χ1n) is 6.44. The van der Waals surface area contributed by atoms with Gasteiger partial charge in [0.2, 0.25) is 0 Å². The van der Waals surface area contributed by atoms with E-state index in [2.05, 4.69) is 5.32 Å². The number of amides is 1. The predicted octanol–water partition coefficient (Wildman–Crippen LogP) is 1.65. The highest BCUT2D eigenvalue weighted by Crippen LogP contribution is 2.19. The fraction of sp³-hybridized carbons (Fsp3) is 0.429. The van der Waals surface area contributed by atoms with E-state index < -0.39 is 12.0 Å². The Kier molecular flexibility index (Phi) is 5.83. The molecule has 4 N–H and O–H groups in total. The van der Waals surface area contributed by atoms with Gasteiger partial charge in [0.25, 0.3) is 5.91 Å². The number of nitrogens with one attached hydrogen (secondary N) is 1. The quantitative estimate of drug-likeness (QED) is 0.659. The smallest absolute Gasteiger partial charge is 0.305 e. The summed E-state index contributed by atoms with van der Waals surface area (Å²) in [7, 11) is 1.51. The SMILES string of the molecule is CCCC(CC(=O)O)NC(=O)c1ccc(OC)cc1N. The first-order chi connectivity index (χ1) is 9.47. The van der Waals surface area contributed by atoms with Crippen molar-refractivity contribution >= 4 is 17.6 Å². The van der Waals surface area contributed by atoms with Gasteiger partial charge >= 0.3 is 5.97 Å². The highest BCUT2D eigenvalue weighted by atomic mass is 16.5. The molecule has 20 heavy (non-hydrogen) atoms. The topological polar surface area (TPSA) is 102 Å². The van der Waals surface area contributed by atoms with Crippen molar-refractivity contribution in [3.05, 3.63) is 23.8 Å². The van der Waals surface area contributed by atoms with Crippen molar-refractivity contribution in [2.24, 2.45) is 0 Å². The number of rotatable bonds is 7. The second kappa shape index (κ2) is 7.37. The average molecular weight is 280 g/mol. The molecule has 0 heterocycles. The molecule has 0 aliphatic rings. The molecule has 1 amide bonds. The minimum Gasteiger partial charge on any atom is -0.497 e. The van der Waals surface area contributed by atoms with E-state index in [0.717, 1.165) is 6.42 Å². The maximum absolute atomic E-state index is 12.1. The maximum atomic E-state index is 12.1. The lowest BCUT2D eigenvalue weighted by Gasteiger charge is -2.17. The molecule has 1 aromatic rings. The number of nitrogens with two attached hydrogens (primary N) is 1. The Labute approximate surface area is 117 Å². The number of nitrogen functional groups attached to an aromatic ring is 1. The molecule has 6 nitrogen and oxygen atoms in total. The molecule has 1 aromatic carbocycles. The van der Waals surface area contributed by atoms with Gasteiger partial charge in [-0.3, -0.25) is 9.59 Å². The molecule has 0 radical (unpaired) electrons. The molecule has 0 aromatic heterocycles. The lowest BCUT2D eigenvalue weighted by molar-refractivity contribution is -0.137. The number of carbonyl (C=O) groups excluding carboxylic acids is 1. The van der Waals surface area contributed by atoms with Gasteiger partial charge in [-0.05, 0) is 18.6 Å². The van der Waals surface area contributed by atoms with E-state index in [4.69, 9.17) is 15.6 Å². The number of carbonyl (C=O) groups is 2. The molecular formula is C14H20N2O4. The number of hydrogen-bond acceptors (Lipinski definition) is 4. The minimum absolute atomic E-state index is 0.102. The van der Waals surface area contributed by atoms with E-state index in [1.807, 2.05) is 6.92 Å². The standard InChI is InChI=1S/C14H20N2O4/c1-3-4-9(7-13(17)18)16-14(19)11-6-5-10(20-2)8-12(11)15/h5-6,8-9H,3-4,7,15H2,1-2H3,(H,16,19)(H,17,18). The van der Waals surface area contributed by atoms with Gasteiger partial charge in [-0.25, -0.2) is 0 Å². The zero-order valence-electron chi connectivity index (χ0n) is 11.7. The van der Waals surface area contributed by atoms with Crippen LogP contribution in [0, 0.1) is 0 Å². The summed E-state index contributed by atoms with van der Waals surface area (Å²) >= 11 is 0. The lowest BCUT2D eigenvalue weighted by Crippen LogP contribution is -2.36. The van der Waals surface area contributed by atoms with Crippen molar-refractivity contribution < 1.29 is 19.4 Å². The fourth-order valence-electron chi connectivity index (χ4n) is 1.92. The number of hydrogen-bond donors (Lipinski definition) is 3. The Hall–Kier alpha value is -2.24. The molecule has 0 spiro atoms. The van der Waals surface area contributed by atoms with Gasteiger partial charge in [0.1, 0.15) is 5.75 Å². The molecule has 6 heteroatoms. The minimum atomic E-state index is -0.938. The van der Waals surface area contributed by atoms with Crippen LogP contribution >= 0.6 is 0 Å². The van der Waals surface area contributed by atoms with Crippen LogP contribution in [0.4, 0.5) is 5.69 Å². The van der Waals surface area contributed by atoms with Crippen LogP contribution in [0.5, 0.6) is 5.75 Å². The van der Waals surface area contributed by atoms with Crippen molar-refractivity contribution in [1.29, 1.82) is 0 Å². The highest BCUT2D eigenvalue weighted by molar-refractivity contribution is 5.99. The van der Waals surface area contributed by atoms with Gasteiger partial charge in [0.05, 0.1) is 19.1 Å². The number of anilines is 1. The molecule has 0 aliphatic carbocycles. The molecule has 110 valence electrons. The number of carboxylic acids is 1. The van der Waals surface area contributed by atoms with Gasteiger partial charge in [0, 0.05) is 17.8 Å². The Bertz CT molecular complexity index is 488. The Morgan fingerprint density at radius 3 is 2.65 bits per heavy atom. The first-order valence-corrected chi connectivity index (χ1v) is 6.44. The van der Waals surface area contributed by atoms with E-state index in [9.17, 15) is 9.59 Å². The van der Waals surface area contributed by atoms with Crippen LogP contribution in [0.15, 0.2) is 18.2 Å². The lowest BCUT2D eigenvalue weighted by atomic mass is 10.1. The Morgan fingerprint density at radius 2 is 2.15 bits per heavy atom. The van der Waals surface area contributed by atoms with Crippen molar-refractivity contribution in [3.63, 3.8) is 0 Å². The van der Waals surface area contributed by atoms with Crippen LogP contribution in [-0.2, 0) is 4.79 Å². The third-order valence-electron chi connectivity index (χ3n) is 2.90. The molecule has 1 rings (SSSR count). The van der Waals surface area contributed by atoms with Crippen LogP contribution in [0.25, 0.3) is 0 Å². The highest BCUT2D eigenvalue weighted by Gasteiger charge is 2.17. The molecule has 0 fully saturated rings.